The molecule has 0 heterocycles. The van der Waals surface area contributed by atoms with Crippen molar-refractivity contribution in [3.05, 3.63) is 43.0 Å². The SMILES string of the molecule is C=CC(=O)OCCOC(C)Oc1cc(O)c(O)c2ccccc12. The first-order valence-corrected chi connectivity index (χ1v) is 7.04. The molecule has 2 rings (SSSR count). The van der Waals surface area contributed by atoms with Gasteiger partial charge in [0.1, 0.15) is 12.4 Å². The van der Waals surface area contributed by atoms with E-state index < -0.39 is 12.3 Å². The van der Waals surface area contributed by atoms with E-state index in [2.05, 4.69) is 6.58 Å². The van der Waals surface area contributed by atoms with E-state index in [0.29, 0.717) is 16.5 Å². The second kappa shape index (κ2) is 7.51. The van der Waals surface area contributed by atoms with Crippen LogP contribution >= 0.6 is 0 Å². The molecular weight excluding hydrogens is 300 g/mol. The molecule has 0 aliphatic rings. The maximum Gasteiger partial charge on any atom is 0.330 e. The highest BCUT2D eigenvalue weighted by molar-refractivity contribution is 5.95. The molecule has 0 fully saturated rings. The molecule has 0 aromatic heterocycles. The van der Waals surface area contributed by atoms with Crippen molar-refractivity contribution in [1.82, 2.24) is 0 Å². The zero-order chi connectivity index (χ0) is 16.8. The van der Waals surface area contributed by atoms with Crippen molar-refractivity contribution in [3.63, 3.8) is 0 Å². The second-order valence-electron chi connectivity index (χ2n) is 4.72. The minimum atomic E-state index is -0.634. The average molecular weight is 318 g/mol. The van der Waals surface area contributed by atoms with E-state index in [-0.39, 0.29) is 24.7 Å². The van der Waals surface area contributed by atoms with E-state index in [1.165, 1.54) is 6.07 Å². The number of ether oxygens (including phenoxy) is 3. The molecule has 0 aliphatic carbocycles. The minimum Gasteiger partial charge on any atom is -0.504 e. The summed E-state index contributed by atoms with van der Waals surface area (Å²) in [6, 6.07) is 8.32. The summed E-state index contributed by atoms with van der Waals surface area (Å²) >= 11 is 0. The molecule has 0 saturated carbocycles. The Morgan fingerprint density at radius 2 is 1.96 bits per heavy atom. The van der Waals surface area contributed by atoms with Crippen molar-refractivity contribution in [1.29, 1.82) is 0 Å². The zero-order valence-electron chi connectivity index (χ0n) is 12.7. The first-order valence-electron chi connectivity index (χ1n) is 7.04. The van der Waals surface area contributed by atoms with Crippen molar-refractivity contribution < 1.29 is 29.2 Å². The Bertz CT molecular complexity index is 710. The Balaban J connectivity index is 2.02. The molecule has 2 aromatic rings. The third-order valence-electron chi connectivity index (χ3n) is 3.10. The summed E-state index contributed by atoms with van der Waals surface area (Å²) in [5.74, 6) is -0.605. The first-order chi connectivity index (χ1) is 11.0. The van der Waals surface area contributed by atoms with Gasteiger partial charge in [0, 0.05) is 22.9 Å². The number of fused-ring (bicyclic) bond motifs is 1. The topological polar surface area (TPSA) is 85.2 Å². The van der Waals surface area contributed by atoms with Gasteiger partial charge < -0.3 is 24.4 Å². The number of hydrogen-bond acceptors (Lipinski definition) is 6. The quantitative estimate of drug-likeness (QED) is 0.268. The Morgan fingerprint density at radius 1 is 1.26 bits per heavy atom. The van der Waals surface area contributed by atoms with E-state index in [1.54, 1.807) is 31.2 Å². The Kier molecular flexibility index (Phi) is 5.43. The molecule has 122 valence electrons. The highest BCUT2D eigenvalue weighted by Crippen LogP contribution is 2.40. The summed E-state index contributed by atoms with van der Waals surface area (Å²) in [4.78, 5) is 10.9. The molecule has 2 N–H and O–H groups in total. The molecule has 1 unspecified atom stereocenters. The van der Waals surface area contributed by atoms with Gasteiger partial charge in [0.2, 0.25) is 0 Å². The van der Waals surface area contributed by atoms with Crippen LogP contribution in [-0.4, -0.2) is 35.7 Å². The number of hydrogen-bond donors (Lipinski definition) is 2. The number of rotatable bonds is 7. The average Bonchev–Trinajstić information content (AvgIpc) is 2.56. The lowest BCUT2D eigenvalue weighted by atomic mass is 10.1. The van der Waals surface area contributed by atoms with Crippen LogP contribution in [0.4, 0.5) is 0 Å². The van der Waals surface area contributed by atoms with Crippen LogP contribution in [0.2, 0.25) is 0 Å². The summed E-state index contributed by atoms with van der Waals surface area (Å²) < 4.78 is 15.8. The van der Waals surface area contributed by atoms with Crippen LogP contribution < -0.4 is 4.74 Å². The molecule has 0 amide bonds. The molecule has 0 radical (unpaired) electrons. The van der Waals surface area contributed by atoms with Gasteiger partial charge in [-0.15, -0.1) is 0 Å². The number of aromatic hydroxyl groups is 2. The van der Waals surface area contributed by atoms with Gasteiger partial charge in [-0.3, -0.25) is 0 Å². The summed E-state index contributed by atoms with van der Waals surface area (Å²) in [5.41, 5.74) is 0. The van der Waals surface area contributed by atoms with Crippen LogP contribution in [0, 0.1) is 0 Å². The van der Waals surface area contributed by atoms with Crippen molar-refractivity contribution >= 4 is 16.7 Å². The molecule has 23 heavy (non-hydrogen) atoms. The van der Waals surface area contributed by atoms with E-state index >= 15 is 0 Å². The number of phenolic OH excluding ortho intramolecular Hbond substituents is 2. The number of carbonyl (C=O) groups is 1. The van der Waals surface area contributed by atoms with E-state index in [1.807, 2.05) is 0 Å². The van der Waals surface area contributed by atoms with Crippen LogP contribution in [-0.2, 0) is 14.3 Å². The molecular formula is C17H18O6. The van der Waals surface area contributed by atoms with Gasteiger partial charge in [-0.2, -0.15) is 0 Å². The summed E-state index contributed by atoms with van der Waals surface area (Å²) in [5, 5.41) is 20.8. The van der Waals surface area contributed by atoms with Crippen molar-refractivity contribution in [2.75, 3.05) is 13.2 Å². The van der Waals surface area contributed by atoms with Crippen LogP contribution in [0.15, 0.2) is 43.0 Å². The third kappa shape index (κ3) is 4.14. The van der Waals surface area contributed by atoms with Crippen molar-refractivity contribution in [3.8, 4) is 17.2 Å². The maximum absolute atomic E-state index is 10.9. The third-order valence-corrected chi connectivity index (χ3v) is 3.10. The fraction of sp³-hybridized carbons (Fsp3) is 0.235. The van der Waals surface area contributed by atoms with Crippen LogP contribution in [0.1, 0.15) is 6.92 Å². The number of phenols is 2. The van der Waals surface area contributed by atoms with Crippen molar-refractivity contribution in [2.45, 2.75) is 13.2 Å². The van der Waals surface area contributed by atoms with Gasteiger partial charge in [0.25, 0.3) is 0 Å². The van der Waals surface area contributed by atoms with Gasteiger partial charge in [0.15, 0.2) is 17.8 Å². The second-order valence-corrected chi connectivity index (χ2v) is 4.72. The Morgan fingerprint density at radius 3 is 2.65 bits per heavy atom. The lowest BCUT2D eigenvalue weighted by Crippen LogP contribution is -2.20. The van der Waals surface area contributed by atoms with Crippen LogP contribution in [0.25, 0.3) is 10.8 Å². The standard InChI is InChI=1S/C17H18O6/c1-3-16(19)22-9-8-21-11(2)23-15-10-14(18)17(20)13-7-5-4-6-12(13)15/h3-7,10-11,18,20H,1,8-9H2,2H3. The zero-order valence-corrected chi connectivity index (χ0v) is 12.7. The van der Waals surface area contributed by atoms with Gasteiger partial charge in [-0.25, -0.2) is 4.79 Å². The molecule has 0 spiro atoms. The van der Waals surface area contributed by atoms with E-state index in [4.69, 9.17) is 14.2 Å². The molecule has 0 saturated heterocycles. The van der Waals surface area contributed by atoms with Crippen molar-refractivity contribution in [2.24, 2.45) is 0 Å². The number of benzene rings is 2. The summed E-state index contributed by atoms with van der Waals surface area (Å²) in [7, 11) is 0. The van der Waals surface area contributed by atoms with Gasteiger partial charge in [-0.05, 0) is 6.92 Å². The lowest BCUT2D eigenvalue weighted by Gasteiger charge is -2.17. The minimum absolute atomic E-state index is 0.0835. The van der Waals surface area contributed by atoms with Gasteiger partial charge in [0.05, 0.1) is 6.61 Å². The Hall–Kier alpha value is -2.73. The van der Waals surface area contributed by atoms with Gasteiger partial charge in [-0.1, -0.05) is 30.8 Å². The highest BCUT2D eigenvalue weighted by atomic mass is 16.7. The summed E-state index contributed by atoms with van der Waals surface area (Å²) in [6.07, 6.45) is 0.440. The predicted molar refractivity (Wildman–Crippen MR) is 84.5 cm³/mol. The van der Waals surface area contributed by atoms with E-state index in [9.17, 15) is 15.0 Å². The number of esters is 1. The molecule has 6 heteroatoms. The first kappa shape index (κ1) is 16.6. The largest absolute Gasteiger partial charge is 0.504 e. The fourth-order valence-electron chi connectivity index (χ4n) is 2.04. The van der Waals surface area contributed by atoms with Crippen LogP contribution in [0.5, 0.6) is 17.2 Å². The maximum atomic E-state index is 10.9. The molecule has 0 aliphatic heterocycles. The molecule has 6 nitrogen and oxygen atoms in total. The number of carbonyl (C=O) groups excluding carboxylic acids is 1. The monoisotopic (exact) mass is 318 g/mol. The fourth-order valence-corrected chi connectivity index (χ4v) is 2.04. The summed E-state index contributed by atoms with van der Waals surface area (Å²) in [6.45, 7) is 5.20. The van der Waals surface area contributed by atoms with E-state index in [0.717, 1.165) is 6.08 Å². The molecule has 2 aromatic carbocycles. The van der Waals surface area contributed by atoms with Crippen LogP contribution in [0.3, 0.4) is 0 Å². The predicted octanol–water partition coefficient (Wildman–Crippen LogP) is 2.72. The lowest BCUT2D eigenvalue weighted by molar-refractivity contribution is -0.142. The normalized spacial score (nSPS) is 11.9. The smallest absolute Gasteiger partial charge is 0.330 e. The van der Waals surface area contributed by atoms with Gasteiger partial charge >= 0.3 is 5.97 Å². The molecule has 0 bridgehead atoms. The Labute approximate surface area is 133 Å². The highest BCUT2D eigenvalue weighted by Gasteiger charge is 2.14. The molecule has 1 atom stereocenters.